The smallest absolute Gasteiger partial charge is 0.149 e. The Labute approximate surface area is 217 Å². The van der Waals surface area contributed by atoms with E-state index in [1.54, 1.807) is 25.3 Å². The van der Waals surface area contributed by atoms with Gasteiger partial charge in [-0.25, -0.2) is 4.98 Å². The molecule has 0 saturated heterocycles. The molecular formula is C24H15Br2Cl2N3O2. The molecule has 5 nitrogen and oxygen atoms in total. The van der Waals surface area contributed by atoms with Gasteiger partial charge in [-0.2, -0.15) is 5.26 Å². The molecule has 33 heavy (non-hydrogen) atoms. The standard InChI is InChI=1S/C24H15Br2Cl2N3O2/c1-32-17-4-5-21-22(10-17)31-24(30-21)15(11-29)6-13-7-18(25)23(19(26)8-13)33-12-14-2-3-16(27)9-20(14)28/h2-10H,12H2,1H3,(H,30,31)/b15-6-. The number of nitrogens with one attached hydrogen (secondary N) is 1. The van der Waals surface area contributed by atoms with E-state index < -0.39 is 0 Å². The Kier molecular flexibility index (Phi) is 7.30. The van der Waals surface area contributed by atoms with Gasteiger partial charge in [0.1, 0.15) is 30.0 Å². The van der Waals surface area contributed by atoms with Crippen molar-refractivity contribution in [1.82, 2.24) is 9.97 Å². The first-order chi connectivity index (χ1) is 15.9. The first-order valence-electron chi connectivity index (χ1n) is 9.59. The number of halogens is 4. The number of nitriles is 1. The van der Waals surface area contributed by atoms with Crippen molar-refractivity contribution in [3.8, 4) is 17.6 Å². The summed E-state index contributed by atoms with van der Waals surface area (Å²) in [5, 5.41) is 10.8. The normalized spacial score (nSPS) is 11.5. The van der Waals surface area contributed by atoms with Crippen molar-refractivity contribution >= 4 is 77.7 Å². The van der Waals surface area contributed by atoms with Gasteiger partial charge in [-0.05, 0) is 79.9 Å². The van der Waals surface area contributed by atoms with E-state index in [9.17, 15) is 5.26 Å². The summed E-state index contributed by atoms with van der Waals surface area (Å²) in [6, 6.07) is 16.7. The van der Waals surface area contributed by atoms with Gasteiger partial charge in [-0.1, -0.05) is 29.3 Å². The fourth-order valence-electron chi connectivity index (χ4n) is 3.15. The SMILES string of the molecule is COc1ccc2nc(/C(C#N)=C\c3cc(Br)c(OCc4ccc(Cl)cc4Cl)c(Br)c3)[nH]c2c1. The van der Waals surface area contributed by atoms with Gasteiger partial charge >= 0.3 is 0 Å². The molecule has 0 atom stereocenters. The van der Waals surface area contributed by atoms with Gasteiger partial charge in [0.2, 0.25) is 0 Å². The van der Waals surface area contributed by atoms with Crippen LogP contribution in [0, 0.1) is 11.3 Å². The minimum absolute atomic E-state index is 0.272. The number of imidazole rings is 1. The average molecular weight is 608 g/mol. The van der Waals surface area contributed by atoms with Crippen LogP contribution in [0.1, 0.15) is 17.0 Å². The van der Waals surface area contributed by atoms with Crippen LogP contribution < -0.4 is 9.47 Å². The van der Waals surface area contributed by atoms with E-state index in [0.29, 0.717) is 32.9 Å². The second kappa shape index (κ2) is 10.2. The molecule has 9 heteroatoms. The maximum atomic E-state index is 9.74. The first kappa shape index (κ1) is 23.7. The number of ether oxygens (including phenoxy) is 2. The minimum Gasteiger partial charge on any atom is -0.497 e. The number of allylic oxidation sites excluding steroid dienone is 1. The van der Waals surface area contributed by atoms with Crippen LogP contribution in [0.15, 0.2) is 57.5 Å². The predicted octanol–water partition coefficient (Wildman–Crippen LogP) is 8.05. The molecule has 0 radical (unpaired) electrons. The highest BCUT2D eigenvalue weighted by atomic mass is 79.9. The summed E-state index contributed by atoms with van der Waals surface area (Å²) >= 11 is 19.3. The highest BCUT2D eigenvalue weighted by Crippen LogP contribution is 2.37. The molecule has 4 aromatic rings. The molecule has 4 rings (SSSR count). The Morgan fingerprint density at radius 2 is 1.88 bits per heavy atom. The molecule has 0 aliphatic carbocycles. The number of benzene rings is 3. The lowest BCUT2D eigenvalue weighted by Crippen LogP contribution is -1.98. The van der Waals surface area contributed by atoms with Crippen molar-refractivity contribution in [2.45, 2.75) is 6.61 Å². The van der Waals surface area contributed by atoms with Crippen molar-refractivity contribution in [3.63, 3.8) is 0 Å². The molecule has 0 bridgehead atoms. The number of hydrogen-bond donors (Lipinski definition) is 1. The Morgan fingerprint density at radius 1 is 1.12 bits per heavy atom. The number of methoxy groups -OCH3 is 1. The maximum Gasteiger partial charge on any atom is 0.149 e. The molecule has 0 amide bonds. The third kappa shape index (κ3) is 5.36. The van der Waals surface area contributed by atoms with E-state index in [0.717, 1.165) is 31.1 Å². The number of rotatable bonds is 6. The molecule has 1 N–H and O–H groups in total. The van der Waals surface area contributed by atoms with Crippen molar-refractivity contribution < 1.29 is 9.47 Å². The van der Waals surface area contributed by atoms with E-state index in [1.165, 1.54) is 0 Å². The molecule has 1 aromatic heterocycles. The third-order valence-electron chi connectivity index (χ3n) is 4.78. The number of fused-ring (bicyclic) bond motifs is 1. The second-order valence-electron chi connectivity index (χ2n) is 6.98. The van der Waals surface area contributed by atoms with E-state index in [2.05, 4.69) is 47.9 Å². The van der Waals surface area contributed by atoms with Crippen LogP contribution in [0.5, 0.6) is 11.5 Å². The average Bonchev–Trinajstić information content (AvgIpc) is 3.21. The number of aromatic amines is 1. The summed E-state index contributed by atoms with van der Waals surface area (Å²) in [4.78, 5) is 7.70. The number of aromatic nitrogens is 2. The van der Waals surface area contributed by atoms with Gasteiger partial charge in [-0.3, -0.25) is 0 Å². The molecule has 0 aliphatic heterocycles. The summed E-state index contributed by atoms with van der Waals surface area (Å²) in [5.41, 5.74) is 3.54. The zero-order chi connectivity index (χ0) is 23.5. The molecule has 0 aliphatic rings. The van der Waals surface area contributed by atoms with E-state index in [-0.39, 0.29) is 6.61 Å². The fourth-order valence-corrected chi connectivity index (χ4v) is 5.07. The lowest BCUT2D eigenvalue weighted by Gasteiger charge is -2.12. The zero-order valence-electron chi connectivity index (χ0n) is 17.1. The molecule has 0 unspecified atom stereocenters. The highest BCUT2D eigenvalue weighted by molar-refractivity contribution is 9.11. The lowest BCUT2D eigenvalue weighted by molar-refractivity contribution is 0.302. The van der Waals surface area contributed by atoms with Gasteiger partial charge in [0.25, 0.3) is 0 Å². The Bertz CT molecular complexity index is 1400. The van der Waals surface area contributed by atoms with Gasteiger partial charge in [0.05, 0.1) is 32.7 Å². The van der Waals surface area contributed by atoms with Crippen molar-refractivity contribution in [2.24, 2.45) is 0 Å². The third-order valence-corrected chi connectivity index (χ3v) is 6.55. The highest BCUT2D eigenvalue weighted by Gasteiger charge is 2.13. The van der Waals surface area contributed by atoms with E-state index >= 15 is 0 Å². The van der Waals surface area contributed by atoms with Crippen LogP contribution in [0.3, 0.4) is 0 Å². The largest absolute Gasteiger partial charge is 0.497 e. The van der Waals surface area contributed by atoms with Gasteiger partial charge in [0, 0.05) is 21.7 Å². The van der Waals surface area contributed by atoms with Crippen molar-refractivity contribution in [3.05, 3.63) is 84.5 Å². The monoisotopic (exact) mass is 605 g/mol. The minimum atomic E-state index is 0.272. The summed E-state index contributed by atoms with van der Waals surface area (Å²) in [6.45, 7) is 0.272. The van der Waals surface area contributed by atoms with Crippen LogP contribution >= 0.6 is 55.1 Å². The summed E-state index contributed by atoms with van der Waals surface area (Å²) < 4.78 is 12.7. The number of hydrogen-bond acceptors (Lipinski definition) is 4. The molecule has 1 heterocycles. The second-order valence-corrected chi connectivity index (χ2v) is 9.53. The number of nitrogens with zero attached hydrogens (tertiary/aromatic N) is 2. The van der Waals surface area contributed by atoms with Crippen LogP contribution in [0.4, 0.5) is 0 Å². The van der Waals surface area contributed by atoms with Crippen LogP contribution in [-0.4, -0.2) is 17.1 Å². The van der Waals surface area contributed by atoms with Gasteiger partial charge < -0.3 is 14.5 Å². The molecule has 166 valence electrons. The lowest BCUT2D eigenvalue weighted by atomic mass is 10.1. The van der Waals surface area contributed by atoms with Crippen LogP contribution in [0.2, 0.25) is 10.0 Å². The zero-order valence-corrected chi connectivity index (χ0v) is 21.8. The Balaban J connectivity index is 1.60. The summed E-state index contributed by atoms with van der Waals surface area (Å²) in [6.07, 6.45) is 1.75. The molecule has 3 aromatic carbocycles. The molecule has 0 spiro atoms. The molecule has 0 fully saturated rings. The van der Waals surface area contributed by atoms with Crippen molar-refractivity contribution in [2.75, 3.05) is 7.11 Å². The Hall–Kier alpha value is -2.50. The topological polar surface area (TPSA) is 70.9 Å². The summed E-state index contributed by atoms with van der Waals surface area (Å²) in [5.74, 6) is 1.81. The number of H-pyrrole nitrogens is 1. The fraction of sp³-hybridized carbons (Fsp3) is 0.0833. The van der Waals surface area contributed by atoms with Crippen LogP contribution in [-0.2, 0) is 6.61 Å². The predicted molar refractivity (Wildman–Crippen MR) is 139 cm³/mol. The quantitative estimate of drug-likeness (QED) is 0.225. The van der Waals surface area contributed by atoms with E-state index in [4.69, 9.17) is 32.7 Å². The molecular weight excluding hydrogens is 593 g/mol. The van der Waals surface area contributed by atoms with Crippen LogP contribution in [0.25, 0.3) is 22.7 Å². The molecule has 0 saturated carbocycles. The van der Waals surface area contributed by atoms with Crippen molar-refractivity contribution in [1.29, 1.82) is 5.26 Å². The Morgan fingerprint density at radius 3 is 2.55 bits per heavy atom. The van der Waals surface area contributed by atoms with Gasteiger partial charge in [-0.15, -0.1) is 0 Å². The first-order valence-corrected chi connectivity index (χ1v) is 11.9. The van der Waals surface area contributed by atoms with E-state index in [1.807, 2.05) is 36.4 Å². The van der Waals surface area contributed by atoms with Gasteiger partial charge in [0.15, 0.2) is 0 Å². The maximum absolute atomic E-state index is 9.74. The summed E-state index contributed by atoms with van der Waals surface area (Å²) in [7, 11) is 1.60.